The largest absolute Gasteiger partial charge is 0.343 e. The van der Waals surface area contributed by atoms with Gasteiger partial charge in [0.2, 0.25) is 5.91 Å². The zero-order valence-corrected chi connectivity index (χ0v) is 22.2. The van der Waals surface area contributed by atoms with Crippen molar-refractivity contribution in [2.75, 3.05) is 13.6 Å². The number of carbonyl (C=O) groups is 2. The van der Waals surface area contributed by atoms with E-state index in [-0.39, 0.29) is 47.9 Å². The van der Waals surface area contributed by atoms with Crippen LogP contribution in [0.5, 0.6) is 0 Å². The highest BCUT2D eigenvalue weighted by molar-refractivity contribution is 5.96. The maximum absolute atomic E-state index is 13.9. The van der Waals surface area contributed by atoms with Gasteiger partial charge in [-0.15, -0.1) is 0 Å². The summed E-state index contributed by atoms with van der Waals surface area (Å²) in [4.78, 5) is 40.2. The number of amides is 2. The van der Waals surface area contributed by atoms with E-state index in [0.29, 0.717) is 17.5 Å². The molecule has 0 aliphatic carbocycles. The molecule has 1 aliphatic rings. The molecule has 0 unspecified atom stereocenters. The number of hydrogen-bond donors (Lipinski definition) is 3. The second kappa shape index (κ2) is 11.7. The van der Waals surface area contributed by atoms with Crippen LogP contribution in [0.1, 0.15) is 64.1 Å². The standard InChI is InChI=1S/C29H34FN5O3/c1-17-12-22(9-8-20(17)14-23-13-18(2)33-34-29(23)38)28(37)32-16-27(36)35-25(19(3)31-4)10-11-26(35)21-6-5-7-24(30)15-21/h5-9,12-13,15,19,25-26,31H,10-11,14,16H2,1-4H3,(H,32,37)(H,34,38)/t19-,25+,26-/m0/s1. The molecule has 1 saturated heterocycles. The van der Waals surface area contributed by atoms with Crippen LogP contribution < -0.4 is 16.2 Å². The molecule has 1 fully saturated rings. The molecule has 3 N–H and O–H groups in total. The number of rotatable bonds is 8. The van der Waals surface area contributed by atoms with Crippen LogP contribution >= 0.6 is 0 Å². The number of aromatic amines is 1. The van der Waals surface area contributed by atoms with E-state index < -0.39 is 0 Å². The van der Waals surface area contributed by atoms with Crippen LogP contribution in [0, 0.1) is 19.7 Å². The third-order valence-corrected chi connectivity index (χ3v) is 7.38. The number of likely N-dealkylation sites (tertiary alicyclic amines) is 1. The zero-order chi connectivity index (χ0) is 27.4. The molecule has 1 aromatic heterocycles. The van der Waals surface area contributed by atoms with E-state index in [4.69, 9.17) is 0 Å². The molecule has 2 amide bonds. The number of halogens is 1. The summed E-state index contributed by atoms with van der Waals surface area (Å²) in [6, 6.07) is 13.1. The van der Waals surface area contributed by atoms with Crippen molar-refractivity contribution in [1.82, 2.24) is 25.7 Å². The van der Waals surface area contributed by atoms with Crippen molar-refractivity contribution in [3.63, 3.8) is 0 Å². The molecule has 2 heterocycles. The van der Waals surface area contributed by atoms with Crippen molar-refractivity contribution in [3.05, 3.63) is 98.2 Å². The van der Waals surface area contributed by atoms with Crippen LogP contribution in [0.15, 0.2) is 53.3 Å². The van der Waals surface area contributed by atoms with Crippen molar-refractivity contribution in [3.8, 4) is 0 Å². The Bertz CT molecular complexity index is 1390. The van der Waals surface area contributed by atoms with E-state index >= 15 is 0 Å². The molecule has 1 aliphatic heterocycles. The molecule has 0 bridgehead atoms. The Morgan fingerprint density at radius 1 is 1.13 bits per heavy atom. The Labute approximate surface area is 221 Å². The number of hydrogen-bond acceptors (Lipinski definition) is 5. The van der Waals surface area contributed by atoms with Crippen molar-refractivity contribution >= 4 is 11.8 Å². The lowest BCUT2D eigenvalue weighted by molar-refractivity contribution is -0.133. The van der Waals surface area contributed by atoms with Gasteiger partial charge in [-0.3, -0.25) is 14.4 Å². The Balaban J connectivity index is 1.46. The highest BCUT2D eigenvalue weighted by atomic mass is 19.1. The van der Waals surface area contributed by atoms with Crippen LogP contribution in [0.3, 0.4) is 0 Å². The van der Waals surface area contributed by atoms with Crippen molar-refractivity contribution in [2.24, 2.45) is 0 Å². The van der Waals surface area contributed by atoms with E-state index in [1.165, 1.54) is 12.1 Å². The predicted octanol–water partition coefficient (Wildman–Crippen LogP) is 3.19. The van der Waals surface area contributed by atoms with Crippen molar-refractivity contribution < 1.29 is 14.0 Å². The van der Waals surface area contributed by atoms with Gasteiger partial charge >= 0.3 is 0 Å². The average Bonchev–Trinajstić information content (AvgIpc) is 3.35. The van der Waals surface area contributed by atoms with E-state index in [1.54, 1.807) is 29.2 Å². The SMILES string of the molecule is CN[C@@H](C)[C@H]1CC[C@@H](c2cccc(F)c2)N1C(=O)CNC(=O)c1ccc(Cc2cc(C)n[nH]c2=O)c(C)c1. The molecule has 8 nitrogen and oxygen atoms in total. The summed E-state index contributed by atoms with van der Waals surface area (Å²) < 4.78 is 13.9. The van der Waals surface area contributed by atoms with E-state index in [9.17, 15) is 18.8 Å². The van der Waals surface area contributed by atoms with Gasteiger partial charge in [-0.1, -0.05) is 18.2 Å². The Morgan fingerprint density at radius 2 is 1.92 bits per heavy atom. The molecule has 4 rings (SSSR count). The molecular weight excluding hydrogens is 485 g/mol. The van der Waals surface area contributed by atoms with Gasteiger partial charge in [0.15, 0.2) is 0 Å². The topological polar surface area (TPSA) is 107 Å². The van der Waals surface area contributed by atoms with Crippen LogP contribution in [-0.4, -0.2) is 52.6 Å². The summed E-state index contributed by atoms with van der Waals surface area (Å²) in [5.74, 6) is -0.904. The summed E-state index contributed by atoms with van der Waals surface area (Å²) in [6.07, 6.45) is 1.93. The maximum Gasteiger partial charge on any atom is 0.267 e. The molecule has 2 aromatic carbocycles. The predicted molar refractivity (Wildman–Crippen MR) is 143 cm³/mol. The number of benzene rings is 2. The molecule has 200 valence electrons. The number of carbonyl (C=O) groups excluding carboxylic acids is 2. The Kier molecular flexibility index (Phi) is 8.36. The molecule has 38 heavy (non-hydrogen) atoms. The van der Waals surface area contributed by atoms with Crippen LogP contribution in [0.4, 0.5) is 4.39 Å². The first-order chi connectivity index (χ1) is 18.2. The van der Waals surface area contributed by atoms with Crippen molar-refractivity contribution in [2.45, 2.75) is 58.2 Å². The number of aryl methyl sites for hydroxylation is 2. The summed E-state index contributed by atoms with van der Waals surface area (Å²) >= 11 is 0. The zero-order valence-electron chi connectivity index (χ0n) is 22.2. The number of likely N-dealkylation sites (N-methyl/N-ethyl adjacent to an activating group) is 1. The minimum atomic E-state index is -0.356. The fraction of sp³-hybridized carbons (Fsp3) is 0.379. The van der Waals surface area contributed by atoms with Crippen LogP contribution in [0.2, 0.25) is 0 Å². The quantitative estimate of drug-likeness (QED) is 0.424. The first-order valence-corrected chi connectivity index (χ1v) is 12.8. The maximum atomic E-state index is 13.9. The minimum Gasteiger partial charge on any atom is -0.343 e. The highest BCUT2D eigenvalue weighted by Crippen LogP contribution is 2.37. The summed E-state index contributed by atoms with van der Waals surface area (Å²) in [6.45, 7) is 5.55. The number of nitrogens with one attached hydrogen (secondary N) is 3. The summed E-state index contributed by atoms with van der Waals surface area (Å²) in [7, 11) is 1.85. The Hall–Kier alpha value is -3.85. The van der Waals surface area contributed by atoms with E-state index in [2.05, 4.69) is 20.8 Å². The lowest BCUT2D eigenvalue weighted by Gasteiger charge is -2.34. The normalized spacial score (nSPS) is 17.9. The van der Waals surface area contributed by atoms with Gasteiger partial charge < -0.3 is 15.5 Å². The van der Waals surface area contributed by atoms with Gasteiger partial charge in [-0.25, -0.2) is 9.49 Å². The second-order valence-electron chi connectivity index (χ2n) is 9.96. The highest BCUT2D eigenvalue weighted by Gasteiger charge is 2.40. The molecule has 0 radical (unpaired) electrons. The summed E-state index contributed by atoms with van der Waals surface area (Å²) in [5.41, 5.74) is 4.07. The Morgan fingerprint density at radius 3 is 2.63 bits per heavy atom. The van der Waals surface area contributed by atoms with Crippen molar-refractivity contribution in [1.29, 1.82) is 0 Å². The molecule has 9 heteroatoms. The van der Waals surface area contributed by atoms with Gasteiger partial charge in [-0.05, 0) is 87.7 Å². The van der Waals surface area contributed by atoms with Gasteiger partial charge in [0, 0.05) is 29.6 Å². The van der Waals surface area contributed by atoms with Gasteiger partial charge in [0.25, 0.3) is 11.5 Å². The van der Waals surface area contributed by atoms with Crippen LogP contribution in [-0.2, 0) is 11.2 Å². The van der Waals surface area contributed by atoms with Crippen LogP contribution in [0.25, 0.3) is 0 Å². The monoisotopic (exact) mass is 519 g/mol. The average molecular weight is 520 g/mol. The minimum absolute atomic E-state index is 0.0415. The molecule has 3 aromatic rings. The fourth-order valence-electron chi connectivity index (χ4n) is 5.20. The number of aromatic nitrogens is 2. The molecule has 3 atom stereocenters. The third kappa shape index (κ3) is 5.99. The molecule has 0 spiro atoms. The third-order valence-electron chi connectivity index (χ3n) is 7.38. The second-order valence-corrected chi connectivity index (χ2v) is 9.96. The lowest BCUT2D eigenvalue weighted by Crippen LogP contribution is -2.50. The van der Waals surface area contributed by atoms with Gasteiger partial charge in [-0.2, -0.15) is 5.10 Å². The van der Waals surface area contributed by atoms with E-state index in [0.717, 1.165) is 35.2 Å². The van der Waals surface area contributed by atoms with Gasteiger partial charge in [0.05, 0.1) is 18.3 Å². The number of nitrogens with zero attached hydrogens (tertiary/aromatic N) is 2. The van der Waals surface area contributed by atoms with Gasteiger partial charge in [0.1, 0.15) is 5.82 Å². The lowest BCUT2D eigenvalue weighted by atomic mass is 9.99. The molecular formula is C29H34FN5O3. The summed E-state index contributed by atoms with van der Waals surface area (Å²) in [5, 5.41) is 12.4. The van der Waals surface area contributed by atoms with E-state index in [1.807, 2.05) is 40.0 Å². The smallest absolute Gasteiger partial charge is 0.267 e. The molecule has 0 saturated carbocycles. The number of H-pyrrole nitrogens is 1. The first-order valence-electron chi connectivity index (χ1n) is 12.8. The first kappa shape index (κ1) is 27.2. The fourth-order valence-corrected chi connectivity index (χ4v) is 5.20.